The number of nitrogens with one attached hydrogen (secondary N) is 2. The van der Waals surface area contributed by atoms with E-state index in [-0.39, 0.29) is 156 Å². The van der Waals surface area contributed by atoms with Crippen LogP contribution < -0.4 is 22.0 Å². The van der Waals surface area contributed by atoms with Gasteiger partial charge in [0.2, 0.25) is 34.7 Å². The number of aliphatic imine (C=N–C) groups is 2. The van der Waals surface area contributed by atoms with Crippen LogP contribution in [0.3, 0.4) is 0 Å². The number of aromatic hydroxyl groups is 6. The van der Waals surface area contributed by atoms with Crippen molar-refractivity contribution in [2.24, 2.45) is 21.5 Å². The molecule has 2 aliphatic heterocycles. The van der Waals surface area contributed by atoms with Gasteiger partial charge in [-0.15, -0.1) is 0 Å². The number of nitrogens with two attached hydrogens (primary N) is 2. The molecule has 0 radical (unpaired) electrons. The maximum absolute atomic E-state index is 13.5. The zero-order chi connectivity index (χ0) is 50.4. The number of fused-ring (bicyclic) bond motifs is 4. The van der Waals surface area contributed by atoms with Gasteiger partial charge in [0, 0.05) is 98.4 Å². The fourth-order valence-corrected chi connectivity index (χ4v) is 9.84. The number of rotatable bonds is 8. The Morgan fingerprint density at radius 2 is 1.14 bits per heavy atom. The van der Waals surface area contributed by atoms with E-state index in [1.165, 1.54) is 38.4 Å². The summed E-state index contributed by atoms with van der Waals surface area (Å²) in [6.45, 7) is 6.83. The van der Waals surface area contributed by atoms with Crippen LogP contribution in [0.1, 0.15) is 86.1 Å². The quantitative estimate of drug-likeness (QED) is 0.0376. The third kappa shape index (κ3) is 9.77. The van der Waals surface area contributed by atoms with Crippen LogP contribution >= 0.6 is 0 Å². The Bertz CT molecular complexity index is 3690. The predicted octanol–water partition coefficient (Wildman–Crippen LogP) is 5.87. The molecule has 3 aromatic carbocycles. The first-order valence-corrected chi connectivity index (χ1v) is 22.1. The maximum Gasteiger partial charge on any atom is 3.00 e. The fourth-order valence-electron chi connectivity index (χ4n) is 9.84. The van der Waals surface area contributed by atoms with E-state index in [1.54, 1.807) is 38.4 Å². The van der Waals surface area contributed by atoms with Gasteiger partial charge in [-0.05, 0) is 106 Å². The molecule has 0 saturated carbocycles. The Labute approximate surface area is 460 Å². The van der Waals surface area contributed by atoms with Crippen LogP contribution in [0.2, 0.25) is 0 Å². The smallest absolute Gasteiger partial charge is 0.504 e. The summed E-state index contributed by atoms with van der Waals surface area (Å²) in [5, 5.41) is 66.0. The van der Waals surface area contributed by atoms with Crippen molar-refractivity contribution in [2.45, 2.75) is 90.5 Å². The Morgan fingerprint density at radius 3 is 1.79 bits per heavy atom. The molecule has 410 valence electrons. The summed E-state index contributed by atoms with van der Waals surface area (Å²) in [6, 6.07) is 4.77. The van der Waals surface area contributed by atoms with Crippen molar-refractivity contribution in [1.29, 1.82) is 0 Å². The average Bonchev–Trinajstić information content (AvgIpc) is 4.20. The number of allylic oxidation sites excluding steroid dienone is 6. The number of phenols is 6. The molecular formula is C57H66AuN6O13+3. The number of benzene rings is 3. The molecule has 0 amide bonds. The van der Waals surface area contributed by atoms with Gasteiger partial charge in [0.15, 0.2) is 34.5 Å². The number of hydrogen-bond acceptors (Lipinski definition) is 16. The number of nitrogens with zero attached hydrogens (tertiary/aromatic N) is 2. The minimum Gasteiger partial charge on any atom is -0.504 e. The van der Waals surface area contributed by atoms with Gasteiger partial charge in [0.05, 0.1) is 33.4 Å². The molecule has 10 rings (SSSR count). The van der Waals surface area contributed by atoms with Crippen LogP contribution in [0.25, 0.3) is 44.3 Å². The number of phenolic OH excluding ortho intramolecular Hbond substituents is 6. The van der Waals surface area contributed by atoms with Gasteiger partial charge < -0.3 is 57.6 Å². The van der Waals surface area contributed by atoms with Crippen molar-refractivity contribution in [1.82, 2.24) is 9.97 Å². The van der Waals surface area contributed by atoms with Crippen molar-refractivity contribution in [2.75, 3.05) is 13.1 Å². The second kappa shape index (κ2) is 24.3. The normalized spacial score (nSPS) is 15.0. The Hall–Kier alpha value is -8.04. The van der Waals surface area contributed by atoms with E-state index in [0.717, 1.165) is 0 Å². The number of ketones is 6. The number of carbonyl (C=O) groups is 6. The summed E-state index contributed by atoms with van der Waals surface area (Å²) in [4.78, 5) is 92.6. The SMILES string of the molecule is C.C.C.C.C.CC1=C(CCN)C=C(C2=c3[nH]ccc3=C(C3=C4CC=NC4=C(C)C(=O)C3=O)C(=O)C2=O)C(=O)C1=O.Cc1c(CCN)cc(-c2c(O)c(O)c(-c3c(O)c(O)c(C)c4c3CC=N4)c3cc[nH]c23)c(O)c1O.O.[Au+3]. The summed E-state index contributed by atoms with van der Waals surface area (Å²) in [6.07, 6.45) is 8.98. The first kappa shape index (κ1) is 65.1. The zero-order valence-corrected chi connectivity index (χ0v) is 41.0. The van der Waals surface area contributed by atoms with E-state index >= 15 is 0 Å². The molecule has 14 N–H and O–H groups in total. The topological polar surface area (TPSA) is 364 Å². The Morgan fingerprint density at radius 1 is 0.584 bits per heavy atom. The van der Waals surface area contributed by atoms with Crippen LogP contribution in [0.4, 0.5) is 5.69 Å². The van der Waals surface area contributed by atoms with Crippen molar-refractivity contribution in [3.63, 3.8) is 0 Å². The van der Waals surface area contributed by atoms with Crippen LogP contribution in [0.5, 0.6) is 34.5 Å². The van der Waals surface area contributed by atoms with Crippen molar-refractivity contribution in [3.8, 4) is 56.8 Å². The molecule has 0 saturated heterocycles. The molecule has 19 nitrogen and oxygen atoms in total. The number of aromatic amines is 2. The van der Waals surface area contributed by atoms with E-state index in [9.17, 15) is 59.4 Å². The van der Waals surface area contributed by atoms with E-state index in [2.05, 4.69) is 20.0 Å². The number of hydrogen-bond donors (Lipinski definition) is 10. The molecule has 0 spiro atoms. The molecule has 5 aliphatic rings. The molecule has 20 heteroatoms. The predicted molar refractivity (Wildman–Crippen MR) is 295 cm³/mol. The first-order chi connectivity index (χ1) is 33.4. The average molecular weight is 1240 g/mol. The van der Waals surface area contributed by atoms with E-state index < -0.39 is 57.7 Å². The molecule has 0 bridgehead atoms. The molecule has 2 aromatic heterocycles. The van der Waals surface area contributed by atoms with Gasteiger partial charge in [0.25, 0.3) is 0 Å². The summed E-state index contributed by atoms with van der Waals surface area (Å²) < 4.78 is 0. The molecule has 0 fully saturated rings. The van der Waals surface area contributed by atoms with Crippen molar-refractivity contribution in [3.05, 3.63) is 109 Å². The molecule has 0 atom stereocenters. The monoisotopic (exact) mass is 1240 g/mol. The number of carbonyl (C=O) groups excluding carboxylic acids is 6. The Balaban J connectivity index is 0.000000483. The molecule has 3 aliphatic carbocycles. The van der Waals surface area contributed by atoms with Gasteiger partial charge in [0.1, 0.15) is 0 Å². The minimum absolute atomic E-state index is 0. The second-order valence-electron chi connectivity index (χ2n) is 17.3. The molecule has 77 heavy (non-hydrogen) atoms. The summed E-state index contributed by atoms with van der Waals surface area (Å²) >= 11 is 0. The van der Waals surface area contributed by atoms with Gasteiger partial charge in [-0.25, -0.2) is 0 Å². The molecular weight excluding hydrogens is 1170 g/mol. The molecule has 4 heterocycles. The fraction of sp³-hybridized carbons (Fsp3) is 0.263. The Kier molecular flexibility index (Phi) is 20.5. The van der Waals surface area contributed by atoms with E-state index in [0.29, 0.717) is 81.5 Å². The van der Waals surface area contributed by atoms with Gasteiger partial charge in [-0.1, -0.05) is 37.1 Å². The van der Waals surface area contributed by atoms with Crippen LogP contribution in [0, 0.1) is 13.8 Å². The van der Waals surface area contributed by atoms with Gasteiger partial charge in [-0.2, -0.15) is 0 Å². The van der Waals surface area contributed by atoms with Crippen LogP contribution in [0.15, 0.2) is 85.8 Å². The number of H-pyrrole nitrogens is 2. The van der Waals surface area contributed by atoms with Crippen LogP contribution in [-0.4, -0.2) is 106 Å². The van der Waals surface area contributed by atoms with Gasteiger partial charge in [-0.3, -0.25) is 38.8 Å². The van der Waals surface area contributed by atoms with Crippen molar-refractivity contribution < 1.29 is 87.3 Å². The van der Waals surface area contributed by atoms with Gasteiger partial charge >= 0.3 is 22.4 Å². The number of Topliss-reactive ketones (excluding diaryl/α,β-unsaturated/α-hetero) is 6. The summed E-state index contributed by atoms with van der Waals surface area (Å²) in [7, 11) is 0. The zero-order valence-electron chi connectivity index (χ0n) is 38.8. The maximum atomic E-state index is 13.5. The third-order valence-electron chi connectivity index (χ3n) is 13.5. The third-order valence-corrected chi connectivity index (χ3v) is 13.5. The minimum atomic E-state index is -1.05. The second-order valence-corrected chi connectivity index (χ2v) is 17.3. The van der Waals surface area contributed by atoms with E-state index in [1.807, 2.05) is 0 Å². The number of aromatic nitrogens is 2. The van der Waals surface area contributed by atoms with Crippen molar-refractivity contribution >= 4 is 74.9 Å². The molecule has 0 unspecified atom stereocenters. The largest absolute Gasteiger partial charge is 3.00 e. The summed E-state index contributed by atoms with van der Waals surface area (Å²) in [5.74, 6) is -8.15. The van der Waals surface area contributed by atoms with E-state index in [4.69, 9.17) is 11.5 Å². The first-order valence-electron chi connectivity index (χ1n) is 22.1. The summed E-state index contributed by atoms with van der Waals surface area (Å²) in [5.41, 5.74) is 15.7. The standard InChI is InChI=1S/C26H25N3O6.C26H19N3O6.5CH4.Au.H2O/c2*1-10-12(3-6-27)9-15(23(32)21(10)30)18-20-14(5-8-29-20)17(25(34)26(18)35)16-13-4-7-28-19(13)11(2)22(31)24(16)33;;;;;;;/h5,7-9,29-35H,3-4,6,27H2,1-2H3;5,7-9,29H,3-4,6,27H2,1-2H3;5*1H4;;1H2/q;;;;;;;+3;. The van der Waals surface area contributed by atoms with Crippen LogP contribution in [-0.2, 0) is 64.0 Å². The molecule has 5 aromatic rings.